The monoisotopic (exact) mass is 553 g/mol. The molecule has 0 N–H and O–H groups in total. The molecular weight excluding hydrogens is 514 g/mol. The molecule has 8 heteroatoms. The number of hydrogen-bond acceptors (Lipinski definition) is 6. The number of carbonyl (C=O) groups excluding carboxylic acids is 1. The lowest BCUT2D eigenvalue weighted by Gasteiger charge is -2.31. The lowest BCUT2D eigenvalue weighted by molar-refractivity contribution is -0.0568. The Kier molecular flexibility index (Phi) is 6.89. The quantitative estimate of drug-likeness (QED) is 0.429. The molecule has 1 saturated carbocycles. The minimum Gasteiger partial charge on any atom is -0.477 e. The second kappa shape index (κ2) is 10.7. The Hall–Kier alpha value is -3.52. The van der Waals surface area contributed by atoms with Gasteiger partial charge in [0.1, 0.15) is 5.84 Å². The second-order valence-electron chi connectivity index (χ2n) is 12.5. The smallest absolute Gasteiger partial charge is 0.278 e. The van der Waals surface area contributed by atoms with E-state index in [9.17, 15) is 4.79 Å². The predicted molar refractivity (Wildman–Crippen MR) is 159 cm³/mol. The van der Waals surface area contributed by atoms with E-state index in [1.807, 2.05) is 26.1 Å². The summed E-state index contributed by atoms with van der Waals surface area (Å²) in [5.74, 6) is 3.83. The van der Waals surface area contributed by atoms with E-state index in [0.29, 0.717) is 47.9 Å². The van der Waals surface area contributed by atoms with Crippen LogP contribution in [0.1, 0.15) is 59.8 Å². The third-order valence-electron chi connectivity index (χ3n) is 9.38. The Balaban J connectivity index is 1.25. The highest BCUT2D eigenvalue weighted by molar-refractivity contribution is 6.12. The van der Waals surface area contributed by atoms with Gasteiger partial charge in [0.25, 0.3) is 5.91 Å². The largest absolute Gasteiger partial charge is 0.477 e. The molecule has 3 aromatic rings. The van der Waals surface area contributed by atoms with Gasteiger partial charge in [-0.25, -0.2) is 4.68 Å². The van der Waals surface area contributed by atoms with Crippen LogP contribution in [0.25, 0.3) is 11.3 Å². The number of aliphatic imine (C=N–C) groups is 1. The van der Waals surface area contributed by atoms with Gasteiger partial charge in [0.05, 0.1) is 37.3 Å². The summed E-state index contributed by atoms with van der Waals surface area (Å²) >= 11 is 0. The molecule has 1 amide bonds. The van der Waals surface area contributed by atoms with E-state index in [1.54, 1.807) is 10.9 Å². The molecule has 2 aromatic heterocycles. The van der Waals surface area contributed by atoms with Gasteiger partial charge in [0.15, 0.2) is 0 Å². The Bertz CT molecular complexity index is 1500. The molecule has 0 radical (unpaired) electrons. The number of hydrogen-bond donors (Lipinski definition) is 0. The zero-order valence-electron chi connectivity index (χ0n) is 24.3. The van der Waals surface area contributed by atoms with Gasteiger partial charge in [-0.3, -0.25) is 9.78 Å². The van der Waals surface area contributed by atoms with E-state index in [2.05, 4.69) is 35.1 Å². The van der Waals surface area contributed by atoms with Crippen LogP contribution in [0.4, 0.5) is 5.69 Å². The van der Waals surface area contributed by atoms with Crippen LogP contribution in [-0.2, 0) is 24.6 Å². The van der Waals surface area contributed by atoms with Crippen LogP contribution in [-0.4, -0.2) is 52.9 Å². The molecule has 1 aromatic carbocycles. The number of aromatic nitrogens is 3. The highest BCUT2D eigenvalue weighted by atomic mass is 16.5. The molecule has 2 bridgehead atoms. The van der Waals surface area contributed by atoms with E-state index in [1.165, 1.54) is 29.7 Å². The minimum absolute atomic E-state index is 0.229. The van der Waals surface area contributed by atoms with Crippen molar-refractivity contribution in [1.82, 2.24) is 14.8 Å². The summed E-state index contributed by atoms with van der Waals surface area (Å²) < 4.78 is 13.5. The first kappa shape index (κ1) is 26.4. The van der Waals surface area contributed by atoms with Crippen molar-refractivity contribution in [3.8, 4) is 17.1 Å². The molecule has 5 heterocycles. The Morgan fingerprint density at radius 1 is 1.10 bits per heavy atom. The van der Waals surface area contributed by atoms with Crippen molar-refractivity contribution in [3.05, 3.63) is 58.9 Å². The highest BCUT2D eigenvalue weighted by Gasteiger charge is 2.36. The van der Waals surface area contributed by atoms with Gasteiger partial charge in [-0.05, 0) is 86.1 Å². The average molecular weight is 554 g/mol. The maximum atomic E-state index is 13.7. The summed E-state index contributed by atoms with van der Waals surface area (Å²) in [5, 5.41) is 4.43. The Morgan fingerprint density at radius 3 is 2.73 bits per heavy atom. The first-order chi connectivity index (χ1) is 19.9. The normalized spacial score (nSPS) is 21.9. The molecule has 1 saturated heterocycles. The van der Waals surface area contributed by atoms with Crippen molar-refractivity contribution in [3.63, 3.8) is 0 Å². The molecule has 41 heavy (non-hydrogen) atoms. The van der Waals surface area contributed by atoms with Gasteiger partial charge in [0.2, 0.25) is 5.88 Å². The molecule has 2 atom stereocenters. The SMILES string of the molecule is Cc1cc2cc(n1)-c1cnn(C)c1OCCC[C@@H](C1CC1)CN1C(=NC2=O)Cc2cc(CC(C)C3COC3)ccc21. The lowest BCUT2D eigenvalue weighted by Crippen LogP contribution is -2.34. The summed E-state index contributed by atoms with van der Waals surface area (Å²) in [7, 11) is 1.88. The Labute approximate surface area is 241 Å². The number of aryl methyl sites for hydroxylation is 2. The Morgan fingerprint density at radius 2 is 1.95 bits per heavy atom. The summed E-state index contributed by atoms with van der Waals surface area (Å²) in [5.41, 5.74) is 6.63. The first-order valence-corrected chi connectivity index (χ1v) is 15.2. The maximum absolute atomic E-state index is 13.7. The topological polar surface area (TPSA) is 81.8 Å². The standard InChI is InChI=1S/C33H39N5O3/c1-20(27-18-40-19-27)11-22-6-9-30-25(13-22)15-31-36-32(39)26-12-21(2)35-29(14-26)28-16-34-37(3)33(28)41-10-4-5-24(17-38(30)31)23-7-8-23/h6,9,12-14,16,20,23-24,27H,4-5,7-8,10-11,15,17-19H2,1-3H3/t20?,24-/m1/s1. The molecular formula is C33H39N5O3. The molecule has 8 nitrogen and oxygen atoms in total. The number of anilines is 1. The fourth-order valence-corrected chi connectivity index (χ4v) is 6.68. The van der Waals surface area contributed by atoms with E-state index < -0.39 is 0 Å². The minimum atomic E-state index is -0.229. The number of benzene rings is 1. The fraction of sp³-hybridized carbons (Fsp3) is 0.515. The van der Waals surface area contributed by atoms with Gasteiger partial charge in [-0.2, -0.15) is 10.1 Å². The van der Waals surface area contributed by atoms with Crippen LogP contribution in [0.3, 0.4) is 0 Å². The lowest BCUT2D eigenvalue weighted by atomic mass is 9.86. The molecule has 1 aliphatic carbocycles. The number of fused-ring (bicyclic) bond motifs is 7. The van der Waals surface area contributed by atoms with Crippen LogP contribution in [0.15, 0.2) is 41.5 Å². The predicted octanol–water partition coefficient (Wildman–Crippen LogP) is 5.42. The van der Waals surface area contributed by atoms with E-state index in [-0.39, 0.29) is 5.91 Å². The van der Waals surface area contributed by atoms with Gasteiger partial charge >= 0.3 is 0 Å². The van der Waals surface area contributed by atoms with Gasteiger partial charge in [-0.15, -0.1) is 0 Å². The maximum Gasteiger partial charge on any atom is 0.278 e. The zero-order chi connectivity index (χ0) is 28.1. The van der Waals surface area contributed by atoms with Crippen molar-refractivity contribution in [1.29, 1.82) is 0 Å². The number of amidine groups is 1. The van der Waals surface area contributed by atoms with Gasteiger partial charge in [-0.1, -0.05) is 19.1 Å². The number of rotatable bonds is 4. The van der Waals surface area contributed by atoms with E-state index in [0.717, 1.165) is 62.0 Å². The van der Waals surface area contributed by atoms with E-state index >= 15 is 0 Å². The highest BCUT2D eigenvalue weighted by Crippen LogP contribution is 2.42. The molecule has 3 aliphatic heterocycles. The van der Waals surface area contributed by atoms with Crippen LogP contribution in [0.5, 0.6) is 5.88 Å². The molecule has 4 aliphatic rings. The van der Waals surface area contributed by atoms with E-state index in [4.69, 9.17) is 19.5 Å². The fourth-order valence-electron chi connectivity index (χ4n) is 6.68. The summed E-state index contributed by atoms with van der Waals surface area (Å²) in [4.78, 5) is 25.6. The van der Waals surface area contributed by atoms with Gasteiger partial charge in [0, 0.05) is 42.9 Å². The molecule has 1 unspecified atom stereocenters. The number of ether oxygens (including phenoxy) is 2. The van der Waals surface area contributed by atoms with Crippen LogP contribution < -0.4 is 9.64 Å². The molecule has 7 rings (SSSR count). The van der Waals surface area contributed by atoms with Crippen molar-refractivity contribution >= 4 is 17.4 Å². The second-order valence-corrected chi connectivity index (χ2v) is 12.5. The average Bonchev–Trinajstić information content (AvgIpc) is 3.61. The molecule has 2 fully saturated rings. The van der Waals surface area contributed by atoms with Gasteiger partial charge < -0.3 is 14.4 Å². The van der Waals surface area contributed by atoms with Crippen LogP contribution in [0.2, 0.25) is 0 Å². The summed E-state index contributed by atoms with van der Waals surface area (Å²) in [6, 6.07) is 10.5. The number of amides is 1. The summed E-state index contributed by atoms with van der Waals surface area (Å²) in [6.07, 6.45) is 8.10. The third kappa shape index (κ3) is 5.30. The first-order valence-electron chi connectivity index (χ1n) is 15.2. The van der Waals surface area contributed by atoms with Crippen LogP contribution in [0, 0.1) is 30.6 Å². The van der Waals surface area contributed by atoms with Crippen molar-refractivity contribution in [2.24, 2.45) is 35.7 Å². The molecule has 214 valence electrons. The third-order valence-corrected chi connectivity index (χ3v) is 9.38. The summed E-state index contributed by atoms with van der Waals surface area (Å²) in [6.45, 7) is 7.51. The zero-order valence-corrected chi connectivity index (χ0v) is 24.3. The number of nitrogens with zero attached hydrogens (tertiary/aromatic N) is 5. The molecule has 0 spiro atoms. The van der Waals surface area contributed by atoms with Crippen molar-refractivity contribution < 1.29 is 14.3 Å². The van der Waals surface area contributed by atoms with Crippen molar-refractivity contribution in [2.45, 2.75) is 52.4 Å². The van der Waals surface area contributed by atoms with Crippen molar-refractivity contribution in [2.75, 3.05) is 31.3 Å². The number of carbonyl (C=O) groups is 1. The van der Waals surface area contributed by atoms with Crippen LogP contribution >= 0.6 is 0 Å². The number of pyridine rings is 1.